The van der Waals surface area contributed by atoms with E-state index in [0.717, 1.165) is 50.3 Å². The molecular weight excluding hydrogens is 481 g/mol. The zero-order valence-electron chi connectivity index (χ0n) is 21.8. The molecule has 0 bridgehead atoms. The maximum Gasteiger partial charge on any atom is 0.182 e. The number of benzene rings is 1. The number of nitrogen functional groups attached to an aromatic ring is 1. The van der Waals surface area contributed by atoms with Gasteiger partial charge in [0.2, 0.25) is 0 Å². The first-order valence-corrected chi connectivity index (χ1v) is 12.9. The van der Waals surface area contributed by atoms with Crippen LogP contribution in [0.1, 0.15) is 46.0 Å². The SMILES string of the molecule is CC.CC.CCc1nc(CCN2CCOCC2)c2c(Cl)cccc2c1F.Nc1ncnc2nc[nH]c12. The predicted molar refractivity (Wildman–Crippen MR) is 146 cm³/mol. The van der Waals surface area contributed by atoms with Gasteiger partial charge in [-0.1, -0.05) is 58.4 Å². The van der Waals surface area contributed by atoms with Gasteiger partial charge in [-0.05, 0) is 12.5 Å². The highest BCUT2D eigenvalue weighted by Gasteiger charge is 2.17. The van der Waals surface area contributed by atoms with E-state index in [0.29, 0.717) is 39.5 Å². The first-order valence-electron chi connectivity index (χ1n) is 12.5. The molecule has 3 N–H and O–H groups in total. The Kier molecular flexibility index (Phi) is 12.5. The molecule has 8 nitrogen and oxygen atoms in total. The molecule has 36 heavy (non-hydrogen) atoms. The Labute approximate surface area is 217 Å². The van der Waals surface area contributed by atoms with Crippen molar-refractivity contribution in [2.45, 2.75) is 47.5 Å². The molecule has 1 aliphatic heterocycles. The maximum absolute atomic E-state index is 14.5. The number of pyridine rings is 1. The van der Waals surface area contributed by atoms with E-state index in [-0.39, 0.29) is 5.82 Å². The van der Waals surface area contributed by atoms with E-state index in [1.807, 2.05) is 34.6 Å². The molecule has 0 unspecified atom stereocenters. The lowest BCUT2D eigenvalue weighted by atomic mass is 10.0. The zero-order valence-corrected chi connectivity index (χ0v) is 22.6. The van der Waals surface area contributed by atoms with Gasteiger partial charge in [0, 0.05) is 36.8 Å². The molecule has 1 fully saturated rings. The van der Waals surface area contributed by atoms with Crippen LogP contribution in [0.4, 0.5) is 10.2 Å². The van der Waals surface area contributed by atoms with Crippen LogP contribution in [0.3, 0.4) is 0 Å². The number of aromatic nitrogens is 5. The summed E-state index contributed by atoms with van der Waals surface area (Å²) in [5.41, 5.74) is 8.19. The number of hydrogen-bond acceptors (Lipinski definition) is 7. The van der Waals surface area contributed by atoms with Crippen LogP contribution in [-0.4, -0.2) is 62.7 Å². The average molecular weight is 518 g/mol. The minimum Gasteiger partial charge on any atom is -0.382 e. The molecule has 0 saturated carbocycles. The summed E-state index contributed by atoms with van der Waals surface area (Å²) in [4.78, 5) is 21.3. The summed E-state index contributed by atoms with van der Waals surface area (Å²) < 4.78 is 19.8. The summed E-state index contributed by atoms with van der Waals surface area (Å²) in [7, 11) is 0. The third-order valence-electron chi connectivity index (χ3n) is 5.42. The molecule has 4 aromatic rings. The Bertz CT molecular complexity index is 1210. The summed E-state index contributed by atoms with van der Waals surface area (Å²) in [6, 6.07) is 5.38. The van der Waals surface area contributed by atoms with E-state index >= 15 is 0 Å². The van der Waals surface area contributed by atoms with E-state index in [9.17, 15) is 4.39 Å². The molecule has 4 heterocycles. The molecule has 3 aromatic heterocycles. The van der Waals surface area contributed by atoms with Crippen molar-refractivity contribution < 1.29 is 9.13 Å². The number of aryl methyl sites for hydroxylation is 1. The number of anilines is 1. The predicted octanol–water partition coefficient (Wildman–Crippen LogP) is 5.45. The Morgan fingerprint density at radius 1 is 1.08 bits per heavy atom. The van der Waals surface area contributed by atoms with Crippen LogP contribution < -0.4 is 5.73 Å². The molecule has 0 aliphatic carbocycles. The van der Waals surface area contributed by atoms with Crippen molar-refractivity contribution >= 4 is 39.4 Å². The lowest BCUT2D eigenvalue weighted by Crippen LogP contribution is -2.37. The summed E-state index contributed by atoms with van der Waals surface area (Å²) in [6.45, 7) is 14.2. The average Bonchev–Trinajstić information content (AvgIpc) is 3.42. The topological polar surface area (TPSA) is 106 Å². The molecule has 196 valence electrons. The maximum atomic E-state index is 14.5. The van der Waals surface area contributed by atoms with E-state index < -0.39 is 0 Å². The Morgan fingerprint density at radius 2 is 1.81 bits per heavy atom. The lowest BCUT2D eigenvalue weighted by molar-refractivity contribution is 0.0384. The fraction of sp³-hybridized carbons (Fsp3) is 0.462. The second-order valence-electron chi connectivity index (χ2n) is 7.40. The number of H-pyrrole nitrogens is 1. The number of nitrogens with one attached hydrogen (secondary N) is 1. The van der Waals surface area contributed by atoms with Crippen LogP contribution in [0.15, 0.2) is 30.9 Å². The number of rotatable bonds is 4. The molecule has 1 aliphatic rings. The normalized spacial score (nSPS) is 13.2. The van der Waals surface area contributed by atoms with Crippen LogP contribution >= 0.6 is 11.6 Å². The fourth-order valence-corrected chi connectivity index (χ4v) is 3.99. The van der Waals surface area contributed by atoms with Gasteiger partial charge in [0.15, 0.2) is 17.3 Å². The summed E-state index contributed by atoms with van der Waals surface area (Å²) in [5, 5.41) is 1.91. The van der Waals surface area contributed by atoms with E-state index in [1.165, 1.54) is 12.7 Å². The number of nitrogens with zero attached hydrogens (tertiary/aromatic N) is 5. The Balaban J connectivity index is 0.000000271. The lowest BCUT2D eigenvalue weighted by Gasteiger charge is -2.26. The highest BCUT2D eigenvalue weighted by molar-refractivity contribution is 6.35. The number of nitrogens with two attached hydrogens (primary N) is 1. The van der Waals surface area contributed by atoms with Crippen molar-refractivity contribution in [3.63, 3.8) is 0 Å². The van der Waals surface area contributed by atoms with Gasteiger partial charge in [-0.15, -0.1) is 0 Å². The summed E-state index contributed by atoms with van der Waals surface area (Å²) in [6.07, 6.45) is 4.28. The Hall–Kier alpha value is -2.88. The molecule has 0 spiro atoms. The van der Waals surface area contributed by atoms with Gasteiger partial charge in [-0.2, -0.15) is 0 Å². The molecule has 0 amide bonds. The smallest absolute Gasteiger partial charge is 0.182 e. The molecule has 1 aromatic carbocycles. The van der Waals surface area contributed by atoms with Gasteiger partial charge in [0.1, 0.15) is 11.8 Å². The third kappa shape index (κ3) is 7.32. The van der Waals surface area contributed by atoms with Crippen molar-refractivity contribution in [3.8, 4) is 0 Å². The molecule has 5 rings (SSSR count). The Morgan fingerprint density at radius 3 is 2.47 bits per heavy atom. The van der Waals surface area contributed by atoms with Crippen molar-refractivity contribution in [3.05, 3.63) is 53.1 Å². The van der Waals surface area contributed by atoms with Gasteiger partial charge in [0.05, 0.1) is 36.0 Å². The highest BCUT2D eigenvalue weighted by Crippen LogP contribution is 2.30. The van der Waals surface area contributed by atoms with Crippen LogP contribution in [0.2, 0.25) is 5.02 Å². The van der Waals surface area contributed by atoms with Gasteiger partial charge < -0.3 is 15.5 Å². The van der Waals surface area contributed by atoms with Crippen LogP contribution in [0.5, 0.6) is 0 Å². The molecule has 0 radical (unpaired) electrons. The van der Waals surface area contributed by atoms with Crippen molar-refractivity contribution in [2.24, 2.45) is 0 Å². The van der Waals surface area contributed by atoms with Gasteiger partial charge in [-0.25, -0.2) is 19.3 Å². The van der Waals surface area contributed by atoms with Gasteiger partial charge in [-0.3, -0.25) is 9.88 Å². The van der Waals surface area contributed by atoms with Crippen molar-refractivity contribution in [1.82, 2.24) is 29.8 Å². The molecule has 0 atom stereocenters. The van der Waals surface area contributed by atoms with Gasteiger partial charge >= 0.3 is 0 Å². The number of ether oxygens (including phenoxy) is 1. The highest BCUT2D eigenvalue weighted by atomic mass is 35.5. The summed E-state index contributed by atoms with van der Waals surface area (Å²) in [5.74, 6) is 0.192. The standard InChI is InChI=1S/C17H20ClFN2O.C5H5N5.2C2H6/c1-2-14-17(19)12-4-3-5-13(18)16(12)15(20-14)6-7-21-8-10-22-11-9-21;6-4-3-5(9-1-7-3)10-2-8-4;2*1-2/h3-5H,2,6-11H2,1H3;1-2H,(H3,6,7,8,9,10);2*1-2H3. The van der Waals surface area contributed by atoms with E-state index in [2.05, 4.69) is 29.8 Å². The van der Waals surface area contributed by atoms with Crippen LogP contribution in [0, 0.1) is 5.82 Å². The van der Waals surface area contributed by atoms with Crippen LogP contribution in [-0.2, 0) is 17.6 Å². The number of imidazole rings is 1. The number of hydrogen-bond donors (Lipinski definition) is 2. The van der Waals surface area contributed by atoms with E-state index in [4.69, 9.17) is 22.1 Å². The first-order chi connectivity index (χ1) is 17.6. The minimum atomic E-state index is -0.241. The van der Waals surface area contributed by atoms with Crippen molar-refractivity contribution in [1.29, 1.82) is 0 Å². The number of fused-ring (bicyclic) bond motifs is 2. The number of aromatic amines is 1. The second kappa shape index (κ2) is 15.3. The number of morpholine rings is 1. The van der Waals surface area contributed by atoms with Crippen molar-refractivity contribution in [2.75, 3.05) is 38.6 Å². The molecule has 10 heteroatoms. The fourth-order valence-electron chi connectivity index (χ4n) is 3.71. The number of halogens is 2. The van der Waals surface area contributed by atoms with Crippen LogP contribution in [0.25, 0.3) is 21.9 Å². The minimum absolute atomic E-state index is 0.241. The monoisotopic (exact) mass is 517 g/mol. The quantitative estimate of drug-likeness (QED) is 0.370. The molecular formula is C26H37ClFN7O. The zero-order chi connectivity index (χ0) is 26.5. The largest absolute Gasteiger partial charge is 0.382 e. The second-order valence-corrected chi connectivity index (χ2v) is 7.81. The van der Waals surface area contributed by atoms with Gasteiger partial charge in [0.25, 0.3) is 0 Å². The van der Waals surface area contributed by atoms with E-state index in [1.54, 1.807) is 18.2 Å². The molecule has 1 saturated heterocycles. The summed E-state index contributed by atoms with van der Waals surface area (Å²) >= 11 is 6.31. The third-order valence-corrected chi connectivity index (χ3v) is 5.73. The first kappa shape index (κ1) is 29.4.